The van der Waals surface area contributed by atoms with Crippen LogP contribution in [-0.4, -0.2) is 144 Å². The molecule has 1 aliphatic carbocycles. The van der Waals surface area contributed by atoms with E-state index in [0.29, 0.717) is 88.2 Å². The van der Waals surface area contributed by atoms with E-state index in [0.717, 1.165) is 27.7 Å². The van der Waals surface area contributed by atoms with Crippen molar-refractivity contribution >= 4 is 36.1 Å². The maximum Gasteiger partial charge on any atom is 0.352 e. The molecule has 1 aromatic heterocycles. The zero-order valence-corrected chi connectivity index (χ0v) is 41.7. The Hall–Kier alpha value is -3.79. The fraction of sp³-hybridized carbons (Fsp3) is 0.647. The molecule has 366 valence electrons. The van der Waals surface area contributed by atoms with Crippen LogP contribution in [0.4, 0.5) is 5.69 Å². The van der Waals surface area contributed by atoms with E-state index >= 15 is 9.59 Å². The molecule has 1 unspecified atom stereocenters. The van der Waals surface area contributed by atoms with E-state index < -0.39 is 70.8 Å². The molecule has 1 amide bonds. The smallest absolute Gasteiger partial charge is 0.352 e. The summed E-state index contributed by atoms with van der Waals surface area (Å²) in [5.41, 5.74) is -2.27. The number of aliphatic hydroxyl groups excluding tert-OH is 1. The number of H-pyrrole nitrogens is 1. The second kappa shape index (κ2) is 17.3. The number of hydrogen-bond acceptors (Lipinski definition) is 13. The van der Waals surface area contributed by atoms with Crippen LogP contribution < -0.4 is 15.0 Å². The predicted octanol–water partition coefficient (Wildman–Crippen LogP) is 5.61. The number of nitrogens with zero attached hydrogens (tertiary/aromatic N) is 3. The molecule has 3 aromatic rings. The molecule has 1 spiro atoms. The third kappa shape index (κ3) is 6.79. The number of amides is 1. The fourth-order valence-electron chi connectivity index (χ4n) is 14.4. The average Bonchev–Trinajstić information content (AvgIpc) is 3.97. The van der Waals surface area contributed by atoms with Crippen molar-refractivity contribution < 1.29 is 48.0 Å². The van der Waals surface area contributed by atoms with Gasteiger partial charge in [-0.1, -0.05) is 58.0 Å². The van der Waals surface area contributed by atoms with Crippen molar-refractivity contribution in [3.8, 4) is 5.75 Å². The molecule has 0 radical (unpaired) electrons. The number of methoxy groups -OCH3 is 2. The minimum absolute atomic E-state index is 0.0734. The van der Waals surface area contributed by atoms with Crippen molar-refractivity contribution in [2.75, 3.05) is 72.1 Å². The second-order valence-corrected chi connectivity index (χ2v) is 22.8. The molecular formula is C51H72N5O10P. The second-order valence-electron chi connectivity index (χ2n) is 20.7. The molecule has 15 nitrogen and oxygen atoms in total. The molecule has 67 heavy (non-hydrogen) atoms. The van der Waals surface area contributed by atoms with Gasteiger partial charge in [-0.05, 0) is 94.0 Å². The monoisotopic (exact) mass is 946 g/mol. The summed E-state index contributed by atoms with van der Waals surface area (Å²) in [6, 6.07) is 10.7. The number of carbonyl (C=O) groups is 2. The molecule has 11 atom stereocenters. The Morgan fingerprint density at radius 2 is 1.72 bits per heavy atom. The number of aromatic nitrogens is 1. The van der Waals surface area contributed by atoms with E-state index in [1.807, 2.05) is 76.1 Å². The average molecular weight is 946 g/mol. The number of ether oxygens (including phenoxy) is 2. The van der Waals surface area contributed by atoms with E-state index in [4.69, 9.17) is 18.5 Å². The van der Waals surface area contributed by atoms with Crippen LogP contribution in [0.1, 0.15) is 96.0 Å². The molecule has 5 aliphatic heterocycles. The zero-order valence-electron chi connectivity index (χ0n) is 40.8. The van der Waals surface area contributed by atoms with Gasteiger partial charge in [0.2, 0.25) is 0 Å². The highest BCUT2D eigenvalue weighted by atomic mass is 31.2. The number of anilines is 1. The van der Waals surface area contributed by atoms with Gasteiger partial charge in [-0.15, -0.1) is 0 Å². The summed E-state index contributed by atoms with van der Waals surface area (Å²) in [6.45, 7) is 14.4. The van der Waals surface area contributed by atoms with Crippen molar-refractivity contribution in [3.63, 3.8) is 0 Å². The molecule has 6 aliphatic rings. The number of benzene rings is 2. The summed E-state index contributed by atoms with van der Waals surface area (Å²) in [5, 5.41) is 42.9. The molecule has 5 N–H and O–H groups in total. The van der Waals surface area contributed by atoms with Crippen LogP contribution in [-0.2, 0) is 45.2 Å². The minimum Gasteiger partial charge on any atom is -0.496 e. The molecular weight excluding hydrogens is 874 g/mol. The number of esters is 1. The van der Waals surface area contributed by atoms with Crippen molar-refractivity contribution in [1.82, 2.24) is 20.1 Å². The first kappa shape index (κ1) is 48.2. The molecule has 2 saturated heterocycles. The Bertz CT molecular complexity index is 2490. The SMILES string of the molecule is CCOP(=O)(OCC)[C@@H](NC(=O)[C@@]1(O)[C@H](O)[C@]2(CC)C=CCN3CC[C@@]4(c5cc([C@@]6(C(=O)OC)C[C@@H]7CN(CCc8c6[nH]c6ccccc86)C[C@](O)(CC)C7)c(OC)cc5N(C)[C@@H]14)[C@@H]32)C(C)C. The number of aromatic amines is 1. The topological polar surface area (TPSA) is 186 Å². The molecule has 16 heteroatoms. The van der Waals surface area contributed by atoms with Gasteiger partial charge in [-0.2, -0.15) is 0 Å². The van der Waals surface area contributed by atoms with Crippen LogP contribution in [0.15, 0.2) is 48.6 Å². The molecule has 9 rings (SSSR count). The van der Waals surface area contributed by atoms with Gasteiger partial charge in [0.1, 0.15) is 23.1 Å². The Morgan fingerprint density at radius 3 is 2.37 bits per heavy atom. The maximum absolute atomic E-state index is 15.5. The third-order valence-corrected chi connectivity index (χ3v) is 19.7. The van der Waals surface area contributed by atoms with Gasteiger partial charge in [-0.25, -0.2) is 0 Å². The van der Waals surface area contributed by atoms with Crippen LogP contribution in [0.5, 0.6) is 5.75 Å². The first-order valence-electron chi connectivity index (χ1n) is 24.5. The highest BCUT2D eigenvalue weighted by molar-refractivity contribution is 7.54. The number of hydrogen-bond donors (Lipinski definition) is 5. The number of likely N-dealkylation sites (N-methyl/N-ethyl adjacent to an activating group) is 1. The Morgan fingerprint density at radius 1 is 0.985 bits per heavy atom. The van der Waals surface area contributed by atoms with Gasteiger partial charge in [0.15, 0.2) is 5.60 Å². The highest BCUT2D eigenvalue weighted by Crippen LogP contribution is 2.68. The maximum atomic E-state index is 15.5. The van der Waals surface area contributed by atoms with Gasteiger partial charge >= 0.3 is 13.6 Å². The van der Waals surface area contributed by atoms with Crippen LogP contribution in [0.3, 0.4) is 0 Å². The van der Waals surface area contributed by atoms with Gasteiger partial charge in [0.05, 0.1) is 39.1 Å². The van der Waals surface area contributed by atoms with Gasteiger partial charge < -0.3 is 49.0 Å². The molecule has 1 saturated carbocycles. The summed E-state index contributed by atoms with van der Waals surface area (Å²) in [5.74, 6) is -2.61. The summed E-state index contributed by atoms with van der Waals surface area (Å²) in [4.78, 5) is 41.4. The highest BCUT2D eigenvalue weighted by Gasteiger charge is 2.79. The van der Waals surface area contributed by atoms with Gasteiger partial charge in [0, 0.05) is 84.0 Å². The summed E-state index contributed by atoms with van der Waals surface area (Å²) in [7, 11) is 0.898. The van der Waals surface area contributed by atoms with E-state index in [1.54, 1.807) is 21.0 Å². The summed E-state index contributed by atoms with van der Waals surface area (Å²) in [6.07, 6.45) is 5.32. The Kier molecular flexibility index (Phi) is 12.4. The number of para-hydroxylation sites is 1. The Balaban J connectivity index is 1.31. The van der Waals surface area contributed by atoms with Crippen molar-refractivity contribution in [2.45, 2.75) is 126 Å². The number of nitrogens with one attached hydrogen (secondary N) is 2. The predicted molar refractivity (Wildman–Crippen MR) is 256 cm³/mol. The van der Waals surface area contributed by atoms with Gasteiger partial charge in [0.25, 0.3) is 5.91 Å². The number of rotatable bonds is 13. The lowest BCUT2D eigenvalue weighted by molar-refractivity contribution is -0.203. The first-order valence-corrected chi connectivity index (χ1v) is 26.2. The number of carbonyl (C=O) groups excluding carboxylic acids is 2. The van der Waals surface area contributed by atoms with E-state index in [2.05, 4.69) is 32.2 Å². The molecule has 6 heterocycles. The lowest BCUT2D eigenvalue weighted by Gasteiger charge is -2.63. The van der Waals surface area contributed by atoms with Crippen molar-refractivity contribution in [1.29, 1.82) is 0 Å². The number of piperidine rings is 1. The van der Waals surface area contributed by atoms with Crippen LogP contribution in [0.2, 0.25) is 0 Å². The Labute approximate surface area is 395 Å². The fourth-order valence-corrected chi connectivity index (χ4v) is 16.6. The van der Waals surface area contributed by atoms with E-state index in [1.165, 1.54) is 7.11 Å². The molecule has 3 fully saturated rings. The van der Waals surface area contributed by atoms with Crippen LogP contribution in [0, 0.1) is 17.3 Å². The number of fused-ring (bicyclic) bond motifs is 6. The normalized spacial score (nSPS) is 34.9. The number of aliphatic hydroxyl groups is 3. The van der Waals surface area contributed by atoms with Gasteiger partial charge in [-0.3, -0.25) is 24.0 Å². The van der Waals surface area contributed by atoms with Crippen molar-refractivity contribution in [2.24, 2.45) is 17.3 Å². The third-order valence-electron chi connectivity index (χ3n) is 17.1. The van der Waals surface area contributed by atoms with E-state index in [-0.39, 0.29) is 25.2 Å². The standard InChI is InChI=1S/C51H72N5O10P/c1-10-47(60)27-32-28-50(46(59)64-9,40-34(19-23-55(29-32)30-47)33-17-14-15-18-37(33)52-40)36-25-35-38(26-39(36)63-8)54(7)43-49(35)21-24-56-22-16-20-48(11-2,42(49)56)44(57)51(43,61)45(58)53-41(31(5)6)67(62,65-12-3)66-13-4/h14-18,20,25-26,31-32,41-44,52,57,60-61H,10-13,19,21-24,27-30H2,1-9H3,(H,53,58)/t32-,41-,42+,43-,44-,47+,48-,49-,50+,51+/m1/s1. The van der Waals surface area contributed by atoms with Crippen LogP contribution >= 0.6 is 7.60 Å². The van der Waals surface area contributed by atoms with E-state index in [9.17, 15) is 19.9 Å². The van der Waals surface area contributed by atoms with Crippen molar-refractivity contribution in [3.05, 3.63) is 70.9 Å². The summed E-state index contributed by atoms with van der Waals surface area (Å²) < 4.78 is 38.5. The summed E-state index contributed by atoms with van der Waals surface area (Å²) >= 11 is 0. The largest absolute Gasteiger partial charge is 0.496 e. The minimum atomic E-state index is -3.97. The first-order chi connectivity index (χ1) is 31.9. The lowest BCUT2D eigenvalue weighted by Crippen LogP contribution is -2.82. The molecule has 2 bridgehead atoms. The lowest BCUT2D eigenvalue weighted by atomic mass is 9.47. The quantitative estimate of drug-likeness (QED) is 0.0810. The van der Waals surface area contributed by atoms with Crippen LogP contribution in [0.25, 0.3) is 10.9 Å². The zero-order chi connectivity index (χ0) is 48.1. The molecule has 2 aromatic carbocycles.